The Hall–Kier alpha value is -3.41. The summed E-state index contributed by atoms with van der Waals surface area (Å²) in [5.41, 5.74) is 5.27. The molecule has 1 aromatic heterocycles. The molecule has 0 bridgehead atoms. The molecule has 1 heterocycles. The van der Waals surface area contributed by atoms with E-state index in [1.54, 1.807) is 12.1 Å². The third-order valence-electron chi connectivity index (χ3n) is 3.59. The number of nitrogens with one attached hydrogen (secondary N) is 2. The Morgan fingerprint density at radius 1 is 1.12 bits per heavy atom. The Morgan fingerprint density at radius 3 is 2.62 bits per heavy atom. The number of carbonyl (C=O) groups is 2. The Morgan fingerprint density at radius 2 is 1.88 bits per heavy atom. The van der Waals surface area contributed by atoms with Gasteiger partial charge in [-0.1, -0.05) is 30.3 Å². The number of rotatable bonds is 5. The van der Waals surface area contributed by atoms with Crippen LogP contribution in [0.2, 0.25) is 0 Å². The van der Waals surface area contributed by atoms with Crippen LogP contribution in [0.25, 0.3) is 10.9 Å². The smallest absolute Gasteiger partial charge is 0.335 e. The van der Waals surface area contributed by atoms with E-state index in [1.807, 2.05) is 30.5 Å². The van der Waals surface area contributed by atoms with Crippen molar-refractivity contribution in [1.29, 1.82) is 0 Å². The van der Waals surface area contributed by atoms with E-state index in [0.717, 1.165) is 16.5 Å². The summed E-state index contributed by atoms with van der Waals surface area (Å²) in [7, 11) is 0. The minimum absolute atomic E-state index is 0.204. The molecule has 3 rings (SSSR count). The molecule has 120 valence electrons. The summed E-state index contributed by atoms with van der Waals surface area (Å²) in [4.78, 5) is 25.9. The first-order chi connectivity index (χ1) is 11.6. The van der Waals surface area contributed by atoms with Crippen LogP contribution in [0, 0.1) is 0 Å². The molecule has 0 fully saturated rings. The molecule has 3 aromatic rings. The highest BCUT2D eigenvalue weighted by Gasteiger charge is 2.07. The summed E-state index contributed by atoms with van der Waals surface area (Å²) in [5.74, 6) is -1.20. The molecule has 0 atom stereocenters. The molecule has 24 heavy (non-hydrogen) atoms. The SMILES string of the molecule is O=C(Cc1c[nH]c2ccccc12)N/N=C/c1ccc(C(=O)O)cc1. The number of hydrazone groups is 1. The number of aromatic amines is 1. The number of aromatic carboxylic acids is 1. The van der Waals surface area contributed by atoms with Gasteiger partial charge < -0.3 is 10.1 Å². The fraction of sp³-hybridized carbons (Fsp3) is 0.0556. The third-order valence-corrected chi connectivity index (χ3v) is 3.59. The van der Waals surface area contributed by atoms with E-state index in [4.69, 9.17) is 5.11 Å². The lowest BCUT2D eigenvalue weighted by molar-refractivity contribution is -0.120. The second-order valence-electron chi connectivity index (χ2n) is 5.26. The maximum absolute atomic E-state index is 12.0. The van der Waals surface area contributed by atoms with Gasteiger partial charge in [0.1, 0.15) is 0 Å². The summed E-state index contributed by atoms with van der Waals surface area (Å²) in [6.45, 7) is 0. The number of benzene rings is 2. The topological polar surface area (TPSA) is 94.5 Å². The molecule has 0 unspecified atom stereocenters. The van der Waals surface area contributed by atoms with Crippen molar-refractivity contribution in [3.8, 4) is 0 Å². The van der Waals surface area contributed by atoms with Gasteiger partial charge in [-0.25, -0.2) is 10.2 Å². The van der Waals surface area contributed by atoms with Crippen molar-refractivity contribution in [2.24, 2.45) is 5.10 Å². The van der Waals surface area contributed by atoms with Gasteiger partial charge in [-0.15, -0.1) is 0 Å². The number of amides is 1. The number of carbonyl (C=O) groups excluding carboxylic acids is 1. The second kappa shape index (κ2) is 6.78. The molecule has 0 aliphatic rings. The highest BCUT2D eigenvalue weighted by molar-refractivity contribution is 5.90. The first-order valence-corrected chi connectivity index (χ1v) is 7.34. The lowest BCUT2D eigenvalue weighted by Gasteiger charge is -1.99. The minimum atomic E-state index is -0.981. The summed E-state index contributed by atoms with van der Waals surface area (Å²) in [6, 6.07) is 14.0. The van der Waals surface area contributed by atoms with Crippen LogP contribution in [0.5, 0.6) is 0 Å². The number of carboxylic acids is 1. The van der Waals surface area contributed by atoms with Crippen LogP contribution in [0.15, 0.2) is 59.8 Å². The van der Waals surface area contributed by atoms with Crippen LogP contribution in [0.4, 0.5) is 0 Å². The molecule has 2 aromatic carbocycles. The number of H-pyrrole nitrogens is 1. The predicted molar refractivity (Wildman–Crippen MR) is 91.1 cm³/mol. The van der Waals surface area contributed by atoms with Gasteiger partial charge in [0.15, 0.2) is 0 Å². The van der Waals surface area contributed by atoms with Crippen LogP contribution in [-0.2, 0) is 11.2 Å². The first kappa shape index (κ1) is 15.5. The van der Waals surface area contributed by atoms with E-state index in [0.29, 0.717) is 5.56 Å². The van der Waals surface area contributed by atoms with Gasteiger partial charge in [-0.3, -0.25) is 4.79 Å². The summed E-state index contributed by atoms with van der Waals surface area (Å²) >= 11 is 0. The standard InChI is InChI=1S/C18H15N3O3/c22-17(9-14-11-19-16-4-2-1-3-15(14)16)21-20-10-12-5-7-13(8-6-12)18(23)24/h1-8,10-11,19H,9H2,(H,21,22)(H,23,24)/b20-10+. The lowest BCUT2D eigenvalue weighted by Crippen LogP contribution is -2.19. The van der Waals surface area contributed by atoms with E-state index in [1.165, 1.54) is 18.3 Å². The van der Waals surface area contributed by atoms with Gasteiger partial charge in [0.2, 0.25) is 5.91 Å². The number of para-hydroxylation sites is 1. The fourth-order valence-corrected chi connectivity index (χ4v) is 2.38. The average Bonchev–Trinajstić information content (AvgIpc) is 2.98. The largest absolute Gasteiger partial charge is 0.478 e. The van der Waals surface area contributed by atoms with Crippen LogP contribution >= 0.6 is 0 Å². The van der Waals surface area contributed by atoms with E-state index in [9.17, 15) is 9.59 Å². The summed E-state index contributed by atoms with van der Waals surface area (Å²) in [5, 5.41) is 13.7. The number of nitrogens with zero attached hydrogens (tertiary/aromatic N) is 1. The average molecular weight is 321 g/mol. The van der Waals surface area contributed by atoms with Crippen LogP contribution in [0.3, 0.4) is 0 Å². The number of carboxylic acid groups (broad SMARTS) is 1. The van der Waals surface area contributed by atoms with E-state index in [-0.39, 0.29) is 17.9 Å². The molecule has 0 spiro atoms. The third kappa shape index (κ3) is 3.49. The highest BCUT2D eigenvalue weighted by Crippen LogP contribution is 2.17. The molecule has 0 saturated heterocycles. The molecule has 1 amide bonds. The summed E-state index contributed by atoms with van der Waals surface area (Å²) in [6.07, 6.45) is 3.51. The molecular formula is C18H15N3O3. The lowest BCUT2D eigenvalue weighted by atomic mass is 10.1. The Kier molecular flexibility index (Phi) is 4.38. The Bertz CT molecular complexity index is 911. The normalized spacial score (nSPS) is 11.0. The fourth-order valence-electron chi connectivity index (χ4n) is 2.38. The van der Waals surface area contributed by atoms with E-state index < -0.39 is 5.97 Å². The van der Waals surface area contributed by atoms with Gasteiger partial charge >= 0.3 is 5.97 Å². The van der Waals surface area contributed by atoms with Crippen LogP contribution in [0.1, 0.15) is 21.5 Å². The zero-order chi connectivity index (χ0) is 16.9. The second-order valence-corrected chi connectivity index (χ2v) is 5.26. The number of hydrogen-bond acceptors (Lipinski definition) is 3. The maximum atomic E-state index is 12.0. The quantitative estimate of drug-likeness (QED) is 0.498. The number of fused-ring (bicyclic) bond motifs is 1. The van der Waals surface area contributed by atoms with Crippen molar-refractivity contribution in [2.45, 2.75) is 6.42 Å². The van der Waals surface area contributed by atoms with Gasteiger partial charge in [-0.05, 0) is 29.3 Å². The van der Waals surface area contributed by atoms with Gasteiger partial charge in [0, 0.05) is 17.1 Å². The Labute approximate surface area is 137 Å². The number of aromatic nitrogens is 1. The first-order valence-electron chi connectivity index (χ1n) is 7.34. The molecule has 6 heteroatoms. The van der Waals surface area contributed by atoms with Crippen molar-refractivity contribution < 1.29 is 14.7 Å². The van der Waals surface area contributed by atoms with Gasteiger partial charge in [0.25, 0.3) is 0 Å². The van der Waals surface area contributed by atoms with E-state index >= 15 is 0 Å². The molecule has 6 nitrogen and oxygen atoms in total. The van der Waals surface area contributed by atoms with E-state index in [2.05, 4.69) is 15.5 Å². The number of hydrogen-bond donors (Lipinski definition) is 3. The zero-order valence-corrected chi connectivity index (χ0v) is 12.7. The van der Waals surface area contributed by atoms with Gasteiger partial charge in [-0.2, -0.15) is 5.10 Å². The van der Waals surface area contributed by atoms with Crippen molar-refractivity contribution in [3.63, 3.8) is 0 Å². The molecule has 0 radical (unpaired) electrons. The van der Waals surface area contributed by atoms with Crippen LogP contribution < -0.4 is 5.43 Å². The summed E-state index contributed by atoms with van der Waals surface area (Å²) < 4.78 is 0. The monoisotopic (exact) mass is 321 g/mol. The predicted octanol–water partition coefficient (Wildman–Crippen LogP) is 2.56. The minimum Gasteiger partial charge on any atom is -0.478 e. The zero-order valence-electron chi connectivity index (χ0n) is 12.7. The highest BCUT2D eigenvalue weighted by atomic mass is 16.4. The molecular weight excluding hydrogens is 306 g/mol. The van der Waals surface area contributed by atoms with Gasteiger partial charge in [0.05, 0.1) is 18.2 Å². The Balaban J connectivity index is 1.60. The van der Waals surface area contributed by atoms with Crippen LogP contribution in [-0.4, -0.2) is 28.2 Å². The molecule has 3 N–H and O–H groups in total. The van der Waals surface area contributed by atoms with Crippen molar-refractivity contribution in [3.05, 3.63) is 71.4 Å². The van der Waals surface area contributed by atoms with Crippen molar-refractivity contribution in [1.82, 2.24) is 10.4 Å². The van der Waals surface area contributed by atoms with Crippen molar-refractivity contribution >= 4 is 29.0 Å². The maximum Gasteiger partial charge on any atom is 0.335 e. The van der Waals surface area contributed by atoms with Crippen molar-refractivity contribution in [2.75, 3.05) is 0 Å². The molecule has 0 aliphatic heterocycles. The molecule has 0 aliphatic carbocycles. The molecule has 0 saturated carbocycles.